The summed E-state index contributed by atoms with van der Waals surface area (Å²) in [5, 5.41) is 5.67. The van der Waals surface area contributed by atoms with E-state index in [0.717, 1.165) is 24.8 Å². The molecule has 2 fully saturated rings. The molecule has 6 nitrogen and oxygen atoms in total. The Labute approximate surface area is 164 Å². The third-order valence-corrected chi connectivity index (χ3v) is 5.80. The highest BCUT2D eigenvalue weighted by atomic mass is 35.5. The van der Waals surface area contributed by atoms with Gasteiger partial charge in [0.25, 0.3) is 5.91 Å². The number of ether oxygens (including phenoxy) is 1. The van der Waals surface area contributed by atoms with Gasteiger partial charge in [-0.15, -0.1) is 0 Å². The van der Waals surface area contributed by atoms with Gasteiger partial charge in [-0.05, 0) is 49.3 Å². The van der Waals surface area contributed by atoms with Crippen molar-refractivity contribution in [2.75, 3.05) is 6.61 Å². The summed E-state index contributed by atoms with van der Waals surface area (Å²) in [7, 11) is 0. The number of hydrogen-bond acceptors (Lipinski definition) is 4. The van der Waals surface area contributed by atoms with E-state index in [1.807, 2.05) is 0 Å². The van der Waals surface area contributed by atoms with Gasteiger partial charge < -0.3 is 10.1 Å². The average molecular weight is 393 g/mol. The Morgan fingerprint density at radius 2 is 1.81 bits per heavy atom. The van der Waals surface area contributed by atoms with Gasteiger partial charge in [0.15, 0.2) is 6.61 Å². The van der Waals surface area contributed by atoms with Crippen LogP contribution >= 0.6 is 11.6 Å². The minimum absolute atomic E-state index is 0.0775. The Hall–Kier alpha value is -2.08. The van der Waals surface area contributed by atoms with Crippen molar-refractivity contribution in [1.29, 1.82) is 0 Å². The summed E-state index contributed by atoms with van der Waals surface area (Å²) >= 11 is 5.88. The van der Waals surface area contributed by atoms with Crippen LogP contribution in [0.3, 0.4) is 0 Å². The summed E-state index contributed by atoms with van der Waals surface area (Å²) in [6.45, 7) is 1.63. The van der Waals surface area contributed by atoms with Crippen LogP contribution in [0.15, 0.2) is 24.3 Å². The molecule has 2 aliphatic carbocycles. The van der Waals surface area contributed by atoms with Gasteiger partial charge in [-0.3, -0.25) is 14.9 Å². The van der Waals surface area contributed by atoms with Gasteiger partial charge in [0.2, 0.25) is 0 Å². The zero-order valence-corrected chi connectivity index (χ0v) is 16.2. The number of carbonyl (C=O) groups excluding carboxylic acids is 3. The zero-order valence-electron chi connectivity index (χ0n) is 15.4. The lowest BCUT2D eigenvalue weighted by atomic mass is 9.86. The van der Waals surface area contributed by atoms with E-state index in [0.29, 0.717) is 23.8 Å². The highest BCUT2D eigenvalue weighted by molar-refractivity contribution is 6.30. The fourth-order valence-electron chi connectivity index (χ4n) is 3.67. The molecule has 2 unspecified atom stereocenters. The zero-order chi connectivity index (χ0) is 19.4. The molecule has 1 aromatic carbocycles. The maximum absolute atomic E-state index is 12.4. The number of nitrogens with one attached hydrogen (secondary N) is 2. The predicted molar refractivity (Wildman–Crippen MR) is 101 cm³/mol. The molecule has 2 saturated carbocycles. The van der Waals surface area contributed by atoms with Gasteiger partial charge >= 0.3 is 12.0 Å². The van der Waals surface area contributed by atoms with Gasteiger partial charge in [-0.25, -0.2) is 4.79 Å². The molecule has 2 N–H and O–H groups in total. The highest BCUT2D eigenvalue weighted by Gasteiger charge is 2.52. The summed E-state index contributed by atoms with van der Waals surface area (Å²) in [4.78, 5) is 36.3. The van der Waals surface area contributed by atoms with E-state index in [-0.39, 0.29) is 6.04 Å². The summed E-state index contributed by atoms with van der Waals surface area (Å²) in [6.07, 6.45) is 5.59. The number of halogens is 1. The van der Waals surface area contributed by atoms with E-state index in [1.54, 1.807) is 24.3 Å². The molecule has 0 aliphatic heterocycles. The quantitative estimate of drug-likeness (QED) is 0.753. The van der Waals surface area contributed by atoms with Crippen LogP contribution < -0.4 is 10.6 Å². The molecule has 0 saturated heterocycles. The third-order valence-electron chi connectivity index (χ3n) is 5.55. The lowest BCUT2D eigenvalue weighted by molar-refractivity contribution is -0.150. The number of amides is 3. The van der Waals surface area contributed by atoms with Crippen LogP contribution in [-0.4, -0.2) is 30.6 Å². The molecule has 27 heavy (non-hydrogen) atoms. The fourth-order valence-corrected chi connectivity index (χ4v) is 3.80. The smallest absolute Gasteiger partial charge is 0.321 e. The van der Waals surface area contributed by atoms with Crippen molar-refractivity contribution in [3.8, 4) is 0 Å². The van der Waals surface area contributed by atoms with Crippen molar-refractivity contribution in [3.05, 3.63) is 34.9 Å². The standard InChI is InChI=1S/C20H25ClN2O4/c1-13-4-2-3-5-16(13)22-19(26)23-17(24)12-27-18(25)20(10-11-20)14-6-8-15(21)9-7-14/h6-9,13,16H,2-5,10-12H2,1H3,(H2,22,23,24,26). The molecule has 0 heterocycles. The Morgan fingerprint density at radius 1 is 1.15 bits per heavy atom. The molecular weight excluding hydrogens is 368 g/mol. The van der Waals surface area contributed by atoms with E-state index in [2.05, 4.69) is 17.6 Å². The van der Waals surface area contributed by atoms with Crippen LogP contribution in [0, 0.1) is 5.92 Å². The summed E-state index contributed by atoms with van der Waals surface area (Å²) < 4.78 is 5.16. The predicted octanol–water partition coefficient (Wildman–Crippen LogP) is 3.32. The first-order valence-corrected chi connectivity index (χ1v) is 9.82. The molecule has 2 aliphatic rings. The maximum atomic E-state index is 12.4. The van der Waals surface area contributed by atoms with Crippen molar-refractivity contribution in [2.24, 2.45) is 5.92 Å². The molecule has 3 rings (SSSR count). The number of hydrogen-bond donors (Lipinski definition) is 2. The second-order valence-corrected chi connectivity index (χ2v) is 7.99. The number of rotatable bonds is 5. The molecule has 2 atom stereocenters. The fraction of sp³-hybridized carbons (Fsp3) is 0.550. The van der Waals surface area contributed by atoms with Crippen molar-refractivity contribution in [1.82, 2.24) is 10.6 Å². The van der Waals surface area contributed by atoms with E-state index >= 15 is 0 Å². The first kappa shape index (κ1) is 19.7. The molecule has 0 aromatic heterocycles. The summed E-state index contributed by atoms with van der Waals surface area (Å²) in [5.41, 5.74) is 0.145. The van der Waals surface area contributed by atoms with Gasteiger partial charge in [0.05, 0.1) is 5.41 Å². The van der Waals surface area contributed by atoms with Gasteiger partial charge in [0.1, 0.15) is 0 Å². The second kappa shape index (κ2) is 8.30. The molecule has 0 radical (unpaired) electrons. The maximum Gasteiger partial charge on any atom is 0.321 e. The van der Waals surface area contributed by atoms with Crippen LogP contribution in [0.5, 0.6) is 0 Å². The monoisotopic (exact) mass is 392 g/mol. The van der Waals surface area contributed by atoms with Gasteiger partial charge in [-0.1, -0.05) is 43.5 Å². The molecule has 1 aromatic rings. The lowest BCUT2D eigenvalue weighted by Gasteiger charge is -2.29. The molecule has 0 bridgehead atoms. The molecule has 0 spiro atoms. The van der Waals surface area contributed by atoms with E-state index in [4.69, 9.17) is 16.3 Å². The highest BCUT2D eigenvalue weighted by Crippen LogP contribution is 2.49. The van der Waals surface area contributed by atoms with Crippen molar-refractivity contribution < 1.29 is 19.1 Å². The van der Waals surface area contributed by atoms with Crippen LogP contribution in [0.1, 0.15) is 51.0 Å². The van der Waals surface area contributed by atoms with Gasteiger partial charge in [0, 0.05) is 11.1 Å². The normalized spacial score (nSPS) is 23.2. The number of esters is 1. The van der Waals surface area contributed by atoms with Crippen molar-refractivity contribution >= 4 is 29.5 Å². The lowest BCUT2D eigenvalue weighted by Crippen LogP contribution is -2.48. The first-order chi connectivity index (χ1) is 12.9. The van der Waals surface area contributed by atoms with Crippen molar-refractivity contribution in [2.45, 2.75) is 56.9 Å². The average Bonchev–Trinajstić information content (AvgIpc) is 3.44. The van der Waals surface area contributed by atoms with Crippen molar-refractivity contribution in [3.63, 3.8) is 0 Å². The largest absolute Gasteiger partial charge is 0.455 e. The summed E-state index contributed by atoms with van der Waals surface area (Å²) in [6, 6.07) is 6.61. The van der Waals surface area contributed by atoms with E-state index in [1.165, 1.54) is 6.42 Å². The van der Waals surface area contributed by atoms with Crippen LogP contribution in [0.25, 0.3) is 0 Å². The molecule has 7 heteroatoms. The Morgan fingerprint density at radius 3 is 2.44 bits per heavy atom. The molecule has 146 valence electrons. The Balaban J connectivity index is 1.45. The number of urea groups is 1. The van der Waals surface area contributed by atoms with E-state index < -0.39 is 29.9 Å². The van der Waals surface area contributed by atoms with Crippen LogP contribution in [-0.2, 0) is 19.7 Å². The van der Waals surface area contributed by atoms with Gasteiger partial charge in [-0.2, -0.15) is 0 Å². The second-order valence-electron chi connectivity index (χ2n) is 7.56. The number of benzene rings is 1. The third kappa shape index (κ3) is 4.80. The minimum Gasteiger partial charge on any atom is -0.455 e. The van der Waals surface area contributed by atoms with Crippen LogP contribution in [0.4, 0.5) is 4.79 Å². The first-order valence-electron chi connectivity index (χ1n) is 9.44. The van der Waals surface area contributed by atoms with E-state index in [9.17, 15) is 14.4 Å². The minimum atomic E-state index is -0.690. The SMILES string of the molecule is CC1CCCCC1NC(=O)NC(=O)COC(=O)C1(c2ccc(Cl)cc2)CC1. The number of carbonyl (C=O) groups is 3. The van der Waals surface area contributed by atoms with Crippen LogP contribution in [0.2, 0.25) is 5.02 Å². The molecule has 3 amide bonds. The Bertz CT molecular complexity index is 715. The topological polar surface area (TPSA) is 84.5 Å². The molecular formula is C20H25ClN2O4. The Kier molecular flexibility index (Phi) is 6.05. The number of imide groups is 1. The summed E-state index contributed by atoms with van der Waals surface area (Å²) in [5.74, 6) is -0.677.